The van der Waals surface area contributed by atoms with Crippen molar-refractivity contribution in [2.24, 2.45) is 5.92 Å². The molecule has 2 atom stereocenters. The molecule has 0 fully saturated rings. The Balaban J connectivity index is 2.70. The molecule has 2 unspecified atom stereocenters. The minimum Gasteiger partial charge on any atom is -0.310 e. The molecule has 0 saturated carbocycles. The van der Waals surface area contributed by atoms with E-state index in [0.29, 0.717) is 18.0 Å². The Morgan fingerprint density at radius 2 is 2.06 bits per heavy atom. The Kier molecular flexibility index (Phi) is 5.22. The van der Waals surface area contributed by atoms with E-state index in [9.17, 15) is 14.5 Å². The molecule has 18 heavy (non-hydrogen) atoms. The zero-order chi connectivity index (χ0) is 13.7. The van der Waals surface area contributed by atoms with E-state index in [1.54, 1.807) is 0 Å². The van der Waals surface area contributed by atoms with Gasteiger partial charge in [-0.3, -0.25) is 10.1 Å². The number of benzene rings is 1. The number of rotatable bonds is 6. The van der Waals surface area contributed by atoms with Gasteiger partial charge in [-0.2, -0.15) is 0 Å². The highest BCUT2D eigenvalue weighted by Gasteiger charge is 2.12. The standard InChI is InChI=1S/C13H19FN2O2/c1-4-9(2)10(3)15-8-11-5-12(14)7-13(6-11)16(17)18/h5-7,9-10,15H,4,8H2,1-3H3. The molecule has 1 aromatic carbocycles. The lowest BCUT2D eigenvalue weighted by molar-refractivity contribution is -0.385. The summed E-state index contributed by atoms with van der Waals surface area (Å²) in [4.78, 5) is 10.0. The molecule has 0 spiro atoms. The van der Waals surface area contributed by atoms with Crippen LogP contribution in [-0.2, 0) is 6.54 Å². The van der Waals surface area contributed by atoms with Crippen molar-refractivity contribution in [3.8, 4) is 0 Å². The summed E-state index contributed by atoms with van der Waals surface area (Å²) < 4.78 is 13.2. The molecule has 0 aliphatic heterocycles. The van der Waals surface area contributed by atoms with Gasteiger partial charge in [-0.05, 0) is 24.5 Å². The second kappa shape index (κ2) is 6.44. The number of nitro benzene ring substituents is 1. The Hall–Kier alpha value is -1.49. The van der Waals surface area contributed by atoms with Gasteiger partial charge in [0.1, 0.15) is 5.82 Å². The number of non-ortho nitro benzene ring substituents is 1. The van der Waals surface area contributed by atoms with E-state index < -0.39 is 10.7 Å². The molecule has 100 valence electrons. The highest BCUT2D eigenvalue weighted by Crippen LogP contribution is 2.16. The van der Waals surface area contributed by atoms with Crippen LogP contribution < -0.4 is 5.32 Å². The highest BCUT2D eigenvalue weighted by molar-refractivity contribution is 5.35. The van der Waals surface area contributed by atoms with Crippen LogP contribution in [0.15, 0.2) is 18.2 Å². The second-order valence-electron chi connectivity index (χ2n) is 4.63. The Labute approximate surface area is 106 Å². The molecule has 0 amide bonds. The van der Waals surface area contributed by atoms with Gasteiger partial charge in [0, 0.05) is 18.7 Å². The predicted octanol–water partition coefficient (Wildman–Crippen LogP) is 3.26. The first-order chi connectivity index (χ1) is 8.43. The third kappa shape index (κ3) is 4.07. The molecule has 0 radical (unpaired) electrons. The van der Waals surface area contributed by atoms with Crippen LogP contribution >= 0.6 is 0 Å². The van der Waals surface area contributed by atoms with E-state index in [2.05, 4.69) is 26.1 Å². The van der Waals surface area contributed by atoms with Gasteiger partial charge in [-0.15, -0.1) is 0 Å². The molecule has 0 saturated heterocycles. The maximum atomic E-state index is 13.2. The summed E-state index contributed by atoms with van der Waals surface area (Å²) >= 11 is 0. The molecular weight excluding hydrogens is 235 g/mol. The van der Waals surface area contributed by atoms with Gasteiger partial charge in [-0.25, -0.2) is 4.39 Å². The van der Waals surface area contributed by atoms with Crippen LogP contribution in [-0.4, -0.2) is 11.0 Å². The smallest absolute Gasteiger partial charge is 0.272 e. The lowest BCUT2D eigenvalue weighted by Crippen LogP contribution is -2.31. The molecule has 0 heterocycles. The average molecular weight is 254 g/mol. The normalized spacial score (nSPS) is 14.2. The summed E-state index contributed by atoms with van der Waals surface area (Å²) in [6.07, 6.45) is 1.05. The van der Waals surface area contributed by atoms with Gasteiger partial charge < -0.3 is 5.32 Å². The van der Waals surface area contributed by atoms with Crippen LogP contribution in [0, 0.1) is 21.8 Å². The molecule has 1 aromatic rings. The van der Waals surface area contributed by atoms with Crippen molar-refractivity contribution in [1.82, 2.24) is 5.32 Å². The summed E-state index contributed by atoms with van der Waals surface area (Å²) in [6.45, 7) is 6.73. The quantitative estimate of drug-likeness (QED) is 0.626. The third-order valence-electron chi connectivity index (χ3n) is 3.28. The van der Waals surface area contributed by atoms with E-state index in [-0.39, 0.29) is 11.7 Å². The first-order valence-electron chi connectivity index (χ1n) is 6.11. The maximum Gasteiger partial charge on any atom is 0.272 e. The SMILES string of the molecule is CCC(C)C(C)NCc1cc(F)cc([N+](=O)[O-])c1. The van der Waals surface area contributed by atoms with Gasteiger partial charge in [0.05, 0.1) is 11.0 Å². The summed E-state index contributed by atoms with van der Waals surface area (Å²) in [5, 5.41) is 13.9. The van der Waals surface area contributed by atoms with Crippen LogP contribution in [0.2, 0.25) is 0 Å². The first kappa shape index (κ1) is 14.6. The van der Waals surface area contributed by atoms with Crippen molar-refractivity contribution in [2.45, 2.75) is 39.8 Å². The fourth-order valence-corrected chi connectivity index (χ4v) is 1.67. The van der Waals surface area contributed by atoms with Crippen molar-refractivity contribution >= 4 is 5.69 Å². The first-order valence-corrected chi connectivity index (χ1v) is 6.11. The van der Waals surface area contributed by atoms with Gasteiger partial charge in [0.15, 0.2) is 0 Å². The topological polar surface area (TPSA) is 55.2 Å². The van der Waals surface area contributed by atoms with Crippen molar-refractivity contribution < 1.29 is 9.31 Å². The van der Waals surface area contributed by atoms with Gasteiger partial charge in [0.25, 0.3) is 5.69 Å². The van der Waals surface area contributed by atoms with Crippen molar-refractivity contribution in [2.75, 3.05) is 0 Å². The van der Waals surface area contributed by atoms with Crippen LogP contribution in [0.1, 0.15) is 32.8 Å². The third-order valence-corrected chi connectivity index (χ3v) is 3.28. The predicted molar refractivity (Wildman–Crippen MR) is 68.8 cm³/mol. The van der Waals surface area contributed by atoms with Crippen LogP contribution in [0.25, 0.3) is 0 Å². The molecule has 0 aromatic heterocycles. The fourth-order valence-electron chi connectivity index (χ4n) is 1.67. The average Bonchev–Trinajstić information content (AvgIpc) is 2.34. The minimum atomic E-state index is -0.579. The van der Waals surface area contributed by atoms with Crippen LogP contribution in [0.3, 0.4) is 0 Å². The van der Waals surface area contributed by atoms with Gasteiger partial charge in [0.2, 0.25) is 0 Å². The van der Waals surface area contributed by atoms with Gasteiger partial charge >= 0.3 is 0 Å². The lowest BCUT2D eigenvalue weighted by Gasteiger charge is -2.19. The maximum absolute atomic E-state index is 13.2. The largest absolute Gasteiger partial charge is 0.310 e. The Morgan fingerprint density at radius 1 is 1.39 bits per heavy atom. The molecule has 0 bridgehead atoms. The van der Waals surface area contributed by atoms with Crippen molar-refractivity contribution in [1.29, 1.82) is 0 Å². The van der Waals surface area contributed by atoms with Crippen molar-refractivity contribution in [3.05, 3.63) is 39.7 Å². The van der Waals surface area contributed by atoms with Gasteiger partial charge in [-0.1, -0.05) is 20.3 Å². The number of nitrogens with one attached hydrogen (secondary N) is 1. The number of hydrogen-bond acceptors (Lipinski definition) is 3. The summed E-state index contributed by atoms with van der Waals surface area (Å²) in [5.41, 5.74) is 0.389. The van der Waals surface area contributed by atoms with Crippen LogP contribution in [0.4, 0.5) is 10.1 Å². The zero-order valence-electron chi connectivity index (χ0n) is 10.9. The Bertz CT molecular complexity index is 423. The van der Waals surface area contributed by atoms with Crippen molar-refractivity contribution in [3.63, 3.8) is 0 Å². The second-order valence-corrected chi connectivity index (χ2v) is 4.63. The minimum absolute atomic E-state index is 0.206. The van der Waals surface area contributed by atoms with E-state index in [0.717, 1.165) is 12.5 Å². The molecule has 0 aliphatic rings. The molecule has 1 rings (SSSR count). The zero-order valence-corrected chi connectivity index (χ0v) is 10.9. The summed E-state index contributed by atoms with van der Waals surface area (Å²) in [7, 11) is 0. The summed E-state index contributed by atoms with van der Waals surface area (Å²) in [5.74, 6) is -0.0641. The molecule has 4 nitrogen and oxygen atoms in total. The van der Waals surface area contributed by atoms with Crippen LogP contribution in [0.5, 0.6) is 0 Å². The molecule has 0 aliphatic carbocycles. The van der Waals surface area contributed by atoms with E-state index in [4.69, 9.17) is 0 Å². The lowest BCUT2D eigenvalue weighted by atomic mass is 10.0. The summed E-state index contributed by atoms with van der Waals surface area (Å²) in [6, 6.07) is 3.95. The number of nitrogens with zero attached hydrogens (tertiary/aromatic N) is 1. The molecule has 5 heteroatoms. The Morgan fingerprint density at radius 3 is 2.61 bits per heavy atom. The van der Waals surface area contributed by atoms with E-state index in [1.807, 2.05) is 0 Å². The molecular formula is C13H19FN2O2. The highest BCUT2D eigenvalue weighted by atomic mass is 19.1. The number of halogens is 1. The molecule has 1 N–H and O–H groups in total. The fraction of sp³-hybridized carbons (Fsp3) is 0.538. The van der Waals surface area contributed by atoms with E-state index in [1.165, 1.54) is 12.1 Å². The monoisotopic (exact) mass is 254 g/mol. The van der Waals surface area contributed by atoms with E-state index >= 15 is 0 Å². The number of nitro groups is 1. The number of hydrogen-bond donors (Lipinski definition) is 1.